The number of hydrogen-bond acceptors (Lipinski definition) is 2. The first kappa shape index (κ1) is 17.0. The second-order valence-electron chi connectivity index (χ2n) is 6.85. The summed E-state index contributed by atoms with van der Waals surface area (Å²) in [5.74, 6) is 1.03. The average Bonchev–Trinajstić information content (AvgIpc) is 2.53. The fourth-order valence-corrected chi connectivity index (χ4v) is 3.37. The third-order valence-electron chi connectivity index (χ3n) is 4.48. The van der Waals surface area contributed by atoms with Gasteiger partial charge in [-0.15, -0.1) is 0 Å². The van der Waals surface area contributed by atoms with Gasteiger partial charge in [0.05, 0.1) is 0 Å². The van der Waals surface area contributed by atoms with E-state index >= 15 is 0 Å². The van der Waals surface area contributed by atoms with E-state index in [1.807, 2.05) is 19.9 Å². The van der Waals surface area contributed by atoms with Crippen LogP contribution in [0.3, 0.4) is 0 Å². The van der Waals surface area contributed by atoms with Gasteiger partial charge in [-0.25, -0.2) is 0 Å². The molecule has 3 heteroatoms. The van der Waals surface area contributed by atoms with Gasteiger partial charge in [-0.3, -0.25) is 4.79 Å². The summed E-state index contributed by atoms with van der Waals surface area (Å²) in [6.07, 6.45) is 3.59. The number of amides is 1. The molecule has 0 saturated carbocycles. The van der Waals surface area contributed by atoms with Crippen molar-refractivity contribution in [1.82, 2.24) is 10.2 Å². The lowest BCUT2D eigenvalue weighted by molar-refractivity contribution is -0.137. The van der Waals surface area contributed by atoms with E-state index in [9.17, 15) is 4.79 Å². The molecule has 0 radical (unpaired) electrons. The van der Waals surface area contributed by atoms with Gasteiger partial charge in [-0.1, -0.05) is 57.5 Å². The molecule has 22 heavy (non-hydrogen) atoms. The molecule has 2 unspecified atom stereocenters. The number of hydrogen-bond donors (Lipinski definition) is 1. The maximum Gasteiger partial charge on any atom is 0.225 e. The van der Waals surface area contributed by atoms with Crippen molar-refractivity contribution >= 4 is 5.91 Å². The van der Waals surface area contributed by atoms with Crippen molar-refractivity contribution in [2.75, 3.05) is 13.1 Å². The van der Waals surface area contributed by atoms with Crippen LogP contribution in [-0.2, 0) is 11.3 Å². The molecule has 1 aliphatic heterocycles. The molecule has 1 heterocycles. The molecule has 0 spiro atoms. The molecule has 2 rings (SSSR count). The molecule has 0 bridgehead atoms. The van der Waals surface area contributed by atoms with Crippen LogP contribution in [0.25, 0.3) is 0 Å². The number of likely N-dealkylation sites (tertiary alicyclic amines) is 1. The van der Waals surface area contributed by atoms with E-state index in [1.54, 1.807) is 0 Å². The lowest BCUT2D eigenvalue weighted by Crippen LogP contribution is -2.52. The Morgan fingerprint density at radius 3 is 2.64 bits per heavy atom. The van der Waals surface area contributed by atoms with Gasteiger partial charge in [-0.2, -0.15) is 0 Å². The molecule has 3 nitrogen and oxygen atoms in total. The molecule has 1 N–H and O–H groups in total. The highest BCUT2D eigenvalue weighted by Crippen LogP contribution is 2.23. The summed E-state index contributed by atoms with van der Waals surface area (Å²) in [5, 5.41) is 3.66. The van der Waals surface area contributed by atoms with Gasteiger partial charge in [0, 0.05) is 31.6 Å². The Balaban J connectivity index is 1.95. The van der Waals surface area contributed by atoms with Gasteiger partial charge in [0.25, 0.3) is 0 Å². The van der Waals surface area contributed by atoms with Crippen molar-refractivity contribution in [2.24, 2.45) is 11.8 Å². The van der Waals surface area contributed by atoms with Crippen LogP contribution >= 0.6 is 0 Å². The summed E-state index contributed by atoms with van der Waals surface area (Å²) in [5.41, 5.74) is 1.31. The fraction of sp³-hybridized carbons (Fsp3) is 0.632. The summed E-state index contributed by atoms with van der Waals surface area (Å²) in [7, 11) is 0. The highest BCUT2D eigenvalue weighted by Gasteiger charge is 2.30. The second-order valence-corrected chi connectivity index (χ2v) is 6.85. The summed E-state index contributed by atoms with van der Waals surface area (Å²) in [6, 6.07) is 10.9. The van der Waals surface area contributed by atoms with Gasteiger partial charge in [0.15, 0.2) is 0 Å². The standard InChI is InChI=1S/C19H30N2O/c1-4-8-17-11-18(14-21(13-17)19(22)15(2)3)20-12-16-9-6-5-7-10-16/h5-7,9-10,15,17-18,20H,4,8,11-14H2,1-3H3. The summed E-state index contributed by atoms with van der Waals surface area (Å²) in [4.78, 5) is 14.4. The van der Waals surface area contributed by atoms with Crippen molar-refractivity contribution in [1.29, 1.82) is 0 Å². The van der Waals surface area contributed by atoms with Crippen LogP contribution in [0, 0.1) is 11.8 Å². The number of carbonyl (C=O) groups excluding carboxylic acids is 1. The molecule has 1 aromatic rings. The Bertz CT molecular complexity index is 458. The van der Waals surface area contributed by atoms with Gasteiger partial charge in [0.1, 0.15) is 0 Å². The van der Waals surface area contributed by atoms with Crippen LogP contribution in [0.5, 0.6) is 0 Å². The molecule has 1 fully saturated rings. The maximum atomic E-state index is 12.4. The Morgan fingerprint density at radius 1 is 1.27 bits per heavy atom. The monoisotopic (exact) mass is 302 g/mol. The molecule has 0 aliphatic carbocycles. The van der Waals surface area contributed by atoms with Crippen LogP contribution in [0.15, 0.2) is 30.3 Å². The van der Waals surface area contributed by atoms with Crippen LogP contribution in [-0.4, -0.2) is 29.9 Å². The first-order chi connectivity index (χ1) is 10.6. The van der Waals surface area contributed by atoms with E-state index in [0.717, 1.165) is 19.6 Å². The number of nitrogens with one attached hydrogen (secondary N) is 1. The van der Waals surface area contributed by atoms with E-state index in [-0.39, 0.29) is 5.92 Å². The van der Waals surface area contributed by atoms with E-state index in [2.05, 4.69) is 41.4 Å². The third-order valence-corrected chi connectivity index (χ3v) is 4.48. The Labute approximate surface area is 135 Å². The van der Waals surface area contributed by atoms with Gasteiger partial charge < -0.3 is 10.2 Å². The highest BCUT2D eigenvalue weighted by molar-refractivity contribution is 5.78. The third kappa shape index (κ3) is 4.84. The van der Waals surface area contributed by atoms with Crippen molar-refractivity contribution in [3.8, 4) is 0 Å². The predicted molar refractivity (Wildman–Crippen MR) is 91.5 cm³/mol. The van der Waals surface area contributed by atoms with Crippen molar-refractivity contribution in [3.05, 3.63) is 35.9 Å². The van der Waals surface area contributed by atoms with Crippen molar-refractivity contribution in [3.63, 3.8) is 0 Å². The maximum absolute atomic E-state index is 12.4. The Kier molecular flexibility index (Phi) is 6.44. The number of piperidine rings is 1. The Hall–Kier alpha value is -1.35. The molecular formula is C19H30N2O. The number of carbonyl (C=O) groups is 1. The molecule has 1 amide bonds. The molecule has 122 valence electrons. The zero-order valence-corrected chi connectivity index (χ0v) is 14.2. The van der Waals surface area contributed by atoms with E-state index in [0.29, 0.717) is 17.9 Å². The summed E-state index contributed by atoms with van der Waals surface area (Å²) in [6.45, 7) is 8.90. The smallest absolute Gasteiger partial charge is 0.225 e. The highest BCUT2D eigenvalue weighted by atomic mass is 16.2. The molecule has 1 aromatic carbocycles. The molecule has 1 saturated heterocycles. The minimum Gasteiger partial charge on any atom is -0.341 e. The number of nitrogens with zero attached hydrogens (tertiary/aromatic N) is 1. The summed E-state index contributed by atoms with van der Waals surface area (Å²) < 4.78 is 0. The molecule has 0 aromatic heterocycles. The lowest BCUT2D eigenvalue weighted by Gasteiger charge is -2.39. The van der Waals surface area contributed by atoms with Crippen molar-refractivity contribution < 1.29 is 4.79 Å². The topological polar surface area (TPSA) is 32.3 Å². The van der Waals surface area contributed by atoms with E-state index in [4.69, 9.17) is 0 Å². The predicted octanol–water partition coefficient (Wildman–Crippen LogP) is 3.45. The van der Waals surface area contributed by atoms with Crippen LogP contribution in [0.2, 0.25) is 0 Å². The molecule has 1 aliphatic rings. The summed E-state index contributed by atoms with van der Waals surface area (Å²) >= 11 is 0. The molecule has 2 atom stereocenters. The van der Waals surface area contributed by atoms with Crippen molar-refractivity contribution in [2.45, 2.75) is 52.6 Å². The first-order valence-corrected chi connectivity index (χ1v) is 8.66. The van der Waals surface area contributed by atoms with Gasteiger partial charge in [0.2, 0.25) is 5.91 Å². The Morgan fingerprint density at radius 2 is 2.00 bits per heavy atom. The number of rotatable bonds is 6. The molecular weight excluding hydrogens is 272 g/mol. The normalized spacial score (nSPS) is 22.1. The number of benzene rings is 1. The zero-order chi connectivity index (χ0) is 15.9. The SMILES string of the molecule is CCCC1CC(NCc2ccccc2)CN(C(=O)C(C)C)C1. The minimum atomic E-state index is 0.0927. The van der Waals surface area contributed by atoms with Gasteiger partial charge in [-0.05, 0) is 24.3 Å². The van der Waals surface area contributed by atoms with Crippen LogP contribution < -0.4 is 5.32 Å². The van der Waals surface area contributed by atoms with Crippen LogP contribution in [0.1, 0.15) is 45.6 Å². The first-order valence-electron chi connectivity index (χ1n) is 8.66. The van der Waals surface area contributed by atoms with Gasteiger partial charge >= 0.3 is 0 Å². The zero-order valence-electron chi connectivity index (χ0n) is 14.2. The fourth-order valence-electron chi connectivity index (χ4n) is 3.37. The largest absolute Gasteiger partial charge is 0.341 e. The van der Waals surface area contributed by atoms with E-state index < -0.39 is 0 Å². The minimum absolute atomic E-state index is 0.0927. The lowest BCUT2D eigenvalue weighted by atomic mass is 9.90. The average molecular weight is 302 g/mol. The van der Waals surface area contributed by atoms with Crippen LogP contribution in [0.4, 0.5) is 0 Å². The van der Waals surface area contributed by atoms with E-state index in [1.165, 1.54) is 24.8 Å². The second kappa shape index (κ2) is 8.33. The quantitative estimate of drug-likeness (QED) is 0.873.